The van der Waals surface area contributed by atoms with Crippen molar-refractivity contribution >= 4 is 27.5 Å². The van der Waals surface area contributed by atoms with E-state index in [1.807, 2.05) is 71.6 Å². The highest BCUT2D eigenvalue weighted by atomic mass is 79.9. The number of aromatic hydroxyl groups is 1. The van der Waals surface area contributed by atoms with Gasteiger partial charge in [-0.2, -0.15) is 0 Å². The van der Waals surface area contributed by atoms with Crippen LogP contribution >= 0.6 is 15.9 Å². The molecule has 3 nitrogen and oxygen atoms in total. The summed E-state index contributed by atoms with van der Waals surface area (Å²) in [5.74, 6) is -0.427. The zero-order chi connectivity index (χ0) is 21.4. The first-order chi connectivity index (χ1) is 15.1. The van der Waals surface area contributed by atoms with Crippen molar-refractivity contribution in [2.24, 2.45) is 0 Å². The Morgan fingerprint density at radius 2 is 1.52 bits per heavy atom. The van der Waals surface area contributed by atoms with Gasteiger partial charge in [0.25, 0.3) is 0 Å². The Morgan fingerprint density at radius 3 is 2.32 bits per heavy atom. The third-order valence-corrected chi connectivity index (χ3v) is 6.28. The monoisotopic (exact) mass is 469 g/mol. The van der Waals surface area contributed by atoms with Crippen LogP contribution in [0.15, 0.2) is 102 Å². The van der Waals surface area contributed by atoms with E-state index in [4.69, 9.17) is 0 Å². The normalized spacial score (nSPS) is 15.2. The van der Waals surface area contributed by atoms with Crippen molar-refractivity contribution in [3.05, 3.63) is 118 Å². The zero-order valence-corrected chi connectivity index (χ0v) is 18.3. The highest BCUT2D eigenvalue weighted by molar-refractivity contribution is 9.10. The van der Waals surface area contributed by atoms with Crippen LogP contribution in [-0.2, 0) is 11.3 Å². The summed E-state index contributed by atoms with van der Waals surface area (Å²) < 4.78 is 0.779. The Hall–Kier alpha value is -3.37. The fraction of sp³-hybridized carbons (Fsp3) is 0.0741. The largest absolute Gasteiger partial charge is 0.508 e. The average Bonchev–Trinajstić information content (AvgIpc) is 3.06. The molecule has 1 amide bonds. The molecule has 0 aliphatic carbocycles. The van der Waals surface area contributed by atoms with Crippen molar-refractivity contribution in [1.82, 2.24) is 0 Å². The van der Waals surface area contributed by atoms with Gasteiger partial charge in [0.1, 0.15) is 5.75 Å². The summed E-state index contributed by atoms with van der Waals surface area (Å²) >= 11 is 3.38. The number of carbonyl (C=O) groups excluding carboxylic acids is 1. The Labute approximate surface area is 189 Å². The summed E-state index contributed by atoms with van der Waals surface area (Å²) in [4.78, 5) is 15.5. The molecule has 1 unspecified atom stereocenters. The topological polar surface area (TPSA) is 40.5 Å². The van der Waals surface area contributed by atoms with Crippen LogP contribution in [0, 0.1) is 0 Å². The molecule has 0 bridgehead atoms. The summed E-state index contributed by atoms with van der Waals surface area (Å²) in [6, 6.07) is 31.6. The van der Waals surface area contributed by atoms with E-state index < -0.39 is 5.92 Å². The maximum atomic E-state index is 13.7. The fourth-order valence-electron chi connectivity index (χ4n) is 4.34. The Kier molecular flexibility index (Phi) is 5.08. The van der Waals surface area contributed by atoms with Gasteiger partial charge in [0.2, 0.25) is 5.91 Å². The first kappa shape index (κ1) is 19.6. The summed E-state index contributed by atoms with van der Waals surface area (Å²) in [6.45, 7) is 0.467. The molecule has 0 saturated carbocycles. The van der Waals surface area contributed by atoms with Crippen molar-refractivity contribution in [3.63, 3.8) is 0 Å². The summed E-state index contributed by atoms with van der Waals surface area (Å²) in [5, 5.41) is 10.6. The van der Waals surface area contributed by atoms with E-state index in [0.717, 1.165) is 32.4 Å². The molecule has 4 aromatic rings. The van der Waals surface area contributed by atoms with E-state index in [2.05, 4.69) is 40.2 Å². The minimum Gasteiger partial charge on any atom is -0.508 e. The van der Waals surface area contributed by atoms with Crippen molar-refractivity contribution in [3.8, 4) is 16.9 Å². The van der Waals surface area contributed by atoms with Crippen LogP contribution in [0.3, 0.4) is 0 Å². The lowest BCUT2D eigenvalue weighted by Crippen LogP contribution is -2.28. The van der Waals surface area contributed by atoms with Crippen molar-refractivity contribution in [1.29, 1.82) is 0 Å². The minimum absolute atomic E-state index is 0.0262. The van der Waals surface area contributed by atoms with E-state index in [0.29, 0.717) is 12.1 Å². The number of amides is 1. The third kappa shape index (κ3) is 3.53. The van der Waals surface area contributed by atoms with E-state index in [1.54, 1.807) is 6.07 Å². The van der Waals surface area contributed by atoms with Gasteiger partial charge in [-0.3, -0.25) is 4.79 Å². The molecule has 1 N–H and O–H groups in total. The number of carbonyl (C=O) groups is 1. The van der Waals surface area contributed by atoms with Gasteiger partial charge in [-0.1, -0.05) is 94.8 Å². The van der Waals surface area contributed by atoms with Crippen LogP contribution in [0.1, 0.15) is 22.6 Å². The number of phenolic OH excluding ortho intramolecular Hbond substituents is 1. The van der Waals surface area contributed by atoms with Crippen LogP contribution in [-0.4, -0.2) is 11.0 Å². The molecule has 4 heteroatoms. The van der Waals surface area contributed by atoms with Gasteiger partial charge in [-0.25, -0.2) is 0 Å². The number of nitrogens with zero attached hydrogens (tertiary/aromatic N) is 1. The molecular formula is C27H20BrNO2. The number of phenols is 1. The number of anilines is 1. The highest BCUT2D eigenvalue weighted by Gasteiger charge is 2.39. The zero-order valence-electron chi connectivity index (χ0n) is 16.7. The van der Waals surface area contributed by atoms with Crippen LogP contribution < -0.4 is 4.90 Å². The standard InChI is InChI=1S/C27H20BrNO2/c28-20-14-15-23(25(30)16-20)26-22-12-6-7-13-24(22)29(27(26)31)17-19-10-4-5-11-21(19)18-8-2-1-3-9-18/h1-16,26,30H,17H2. The fourth-order valence-corrected chi connectivity index (χ4v) is 4.69. The van der Waals surface area contributed by atoms with Crippen molar-refractivity contribution in [2.75, 3.05) is 4.90 Å². The van der Waals surface area contributed by atoms with Gasteiger partial charge >= 0.3 is 0 Å². The molecule has 0 spiro atoms. The molecule has 31 heavy (non-hydrogen) atoms. The maximum Gasteiger partial charge on any atom is 0.239 e. The molecule has 1 atom stereocenters. The highest BCUT2D eigenvalue weighted by Crippen LogP contribution is 2.45. The van der Waals surface area contributed by atoms with E-state index in [1.165, 1.54) is 0 Å². The number of benzene rings is 4. The Balaban J connectivity index is 1.57. The van der Waals surface area contributed by atoms with Gasteiger partial charge in [0, 0.05) is 15.7 Å². The summed E-state index contributed by atoms with van der Waals surface area (Å²) in [5.41, 5.74) is 5.76. The predicted molar refractivity (Wildman–Crippen MR) is 127 cm³/mol. The SMILES string of the molecule is O=C1C(c2ccc(Br)cc2O)c2ccccc2N1Cc1ccccc1-c1ccccc1. The van der Waals surface area contributed by atoms with Gasteiger partial charge in [0.15, 0.2) is 0 Å². The number of rotatable bonds is 4. The minimum atomic E-state index is -0.520. The number of hydrogen-bond acceptors (Lipinski definition) is 2. The molecule has 4 aromatic carbocycles. The van der Waals surface area contributed by atoms with Gasteiger partial charge in [-0.15, -0.1) is 0 Å². The molecule has 5 rings (SSSR count). The molecular weight excluding hydrogens is 450 g/mol. The van der Waals surface area contributed by atoms with Gasteiger partial charge in [0.05, 0.1) is 12.5 Å². The Bertz CT molecular complexity index is 1270. The third-order valence-electron chi connectivity index (χ3n) is 5.79. The molecule has 152 valence electrons. The molecule has 0 radical (unpaired) electrons. The average molecular weight is 470 g/mol. The lowest BCUT2D eigenvalue weighted by Gasteiger charge is -2.20. The van der Waals surface area contributed by atoms with E-state index in [-0.39, 0.29) is 11.7 Å². The first-order valence-electron chi connectivity index (χ1n) is 10.2. The number of hydrogen-bond donors (Lipinski definition) is 1. The van der Waals surface area contributed by atoms with Crippen LogP contribution in [0.2, 0.25) is 0 Å². The second-order valence-corrected chi connectivity index (χ2v) is 8.56. The van der Waals surface area contributed by atoms with Crippen LogP contribution in [0.4, 0.5) is 5.69 Å². The number of halogens is 1. The Morgan fingerprint density at radius 1 is 0.806 bits per heavy atom. The van der Waals surface area contributed by atoms with Gasteiger partial charge < -0.3 is 10.0 Å². The van der Waals surface area contributed by atoms with Crippen LogP contribution in [0.25, 0.3) is 11.1 Å². The maximum absolute atomic E-state index is 13.7. The number of fused-ring (bicyclic) bond motifs is 1. The lowest BCUT2D eigenvalue weighted by molar-refractivity contribution is -0.118. The van der Waals surface area contributed by atoms with Gasteiger partial charge in [-0.05, 0) is 40.5 Å². The second-order valence-electron chi connectivity index (χ2n) is 7.64. The smallest absolute Gasteiger partial charge is 0.239 e. The molecule has 1 aliphatic rings. The second kappa shape index (κ2) is 8.05. The lowest BCUT2D eigenvalue weighted by atomic mass is 9.92. The van der Waals surface area contributed by atoms with E-state index in [9.17, 15) is 9.90 Å². The molecule has 0 aromatic heterocycles. The number of para-hydroxylation sites is 1. The summed E-state index contributed by atoms with van der Waals surface area (Å²) in [7, 11) is 0. The molecule has 0 saturated heterocycles. The first-order valence-corrected chi connectivity index (χ1v) is 10.9. The molecule has 1 aliphatic heterocycles. The molecule has 0 fully saturated rings. The molecule has 1 heterocycles. The summed E-state index contributed by atoms with van der Waals surface area (Å²) in [6.07, 6.45) is 0. The van der Waals surface area contributed by atoms with Crippen molar-refractivity contribution in [2.45, 2.75) is 12.5 Å². The van der Waals surface area contributed by atoms with Crippen LogP contribution in [0.5, 0.6) is 5.75 Å². The predicted octanol–water partition coefficient (Wildman–Crippen LogP) is 6.50. The van der Waals surface area contributed by atoms with Crippen molar-refractivity contribution < 1.29 is 9.90 Å². The van der Waals surface area contributed by atoms with E-state index >= 15 is 0 Å². The quantitative estimate of drug-likeness (QED) is 0.370.